The molecule has 4 N–H and O–H groups in total. The van der Waals surface area contributed by atoms with Crippen molar-refractivity contribution in [3.63, 3.8) is 0 Å². The van der Waals surface area contributed by atoms with E-state index in [1.807, 2.05) is 38.1 Å². The Kier molecular flexibility index (Phi) is 8.62. The summed E-state index contributed by atoms with van der Waals surface area (Å²) in [5.41, 5.74) is 1.78. The summed E-state index contributed by atoms with van der Waals surface area (Å²) in [6, 6.07) is 5.65. The number of fused-ring (bicyclic) bond motifs is 1. The van der Waals surface area contributed by atoms with Crippen molar-refractivity contribution in [2.45, 2.75) is 38.8 Å². The number of H-pyrrole nitrogens is 1. The van der Waals surface area contributed by atoms with Gasteiger partial charge in [0.05, 0.1) is 0 Å². The molecule has 0 aliphatic heterocycles. The topological polar surface area (TPSA) is 123 Å². The third-order valence-electron chi connectivity index (χ3n) is 4.51. The number of hydrogen-bond acceptors (Lipinski definition) is 6. The van der Waals surface area contributed by atoms with E-state index in [9.17, 15) is 18.0 Å². The first-order chi connectivity index (χ1) is 14.0. The van der Waals surface area contributed by atoms with Gasteiger partial charge in [0.25, 0.3) is 10.2 Å². The first kappa shape index (κ1) is 24.5. The summed E-state index contributed by atoms with van der Waals surface area (Å²) in [7, 11) is -2.61. The van der Waals surface area contributed by atoms with Crippen LogP contribution in [0.2, 0.25) is 0 Å². The molecule has 0 fully saturated rings. The monoisotopic (exact) mass is 473 g/mol. The molecule has 0 saturated carbocycles. The van der Waals surface area contributed by atoms with Crippen LogP contribution in [0.3, 0.4) is 0 Å². The van der Waals surface area contributed by atoms with E-state index in [0.717, 1.165) is 16.5 Å². The van der Waals surface area contributed by atoms with Crippen molar-refractivity contribution < 1.29 is 18.0 Å². The summed E-state index contributed by atoms with van der Waals surface area (Å²) in [5, 5.41) is 6.16. The number of rotatable bonds is 10. The molecule has 30 heavy (non-hydrogen) atoms. The van der Waals surface area contributed by atoms with E-state index in [2.05, 4.69) is 46.0 Å². The highest BCUT2D eigenvalue weighted by molar-refractivity contribution is 8.10. The van der Waals surface area contributed by atoms with Crippen molar-refractivity contribution in [1.29, 1.82) is 0 Å². The molecule has 12 heteroatoms. The van der Waals surface area contributed by atoms with E-state index in [4.69, 9.17) is 0 Å². The molecular formula is C18H27N5O4S3. The fourth-order valence-corrected chi connectivity index (χ4v) is 4.02. The minimum atomic E-state index is -4.08. The van der Waals surface area contributed by atoms with Gasteiger partial charge in [-0.05, 0) is 24.0 Å². The number of thiol groups is 2. The molecule has 2 amide bonds. The van der Waals surface area contributed by atoms with Gasteiger partial charge in [0.1, 0.15) is 12.1 Å². The zero-order valence-corrected chi connectivity index (χ0v) is 19.5. The van der Waals surface area contributed by atoms with Crippen LogP contribution in [0.15, 0.2) is 30.5 Å². The van der Waals surface area contributed by atoms with Gasteiger partial charge in [-0.2, -0.15) is 13.1 Å². The maximum Gasteiger partial charge on any atom is 0.298 e. The third kappa shape index (κ3) is 6.38. The summed E-state index contributed by atoms with van der Waals surface area (Å²) in [5.74, 6) is -0.974. The summed E-state index contributed by atoms with van der Waals surface area (Å²) in [6.07, 6.45) is 2.26. The fourth-order valence-electron chi connectivity index (χ4n) is 3.08. The van der Waals surface area contributed by atoms with Crippen molar-refractivity contribution >= 4 is 58.6 Å². The maximum absolute atomic E-state index is 12.9. The van der Waals surface area contributed by atoms with Gasteiger partial charge in [-0.3, -0.25) is 9.59 Å². The molecule has 0 bridgehead atoms. The molecule has 0 aliphatic rings. The number of aromatic amines is 1. The number of amides is 2. The fraction of sp³-hybridized carbons (Fsp3) is 0.444. The van der Waals surface area contributed by atoms with Crippen LogP contribution >= 0.6 is 25.6 Å². The first-order valence-corrected chi connectivity index (χ1v) is 11.6. The molecule has 0 saturated heterocycles. The Hall–Kier alpha value is -1.73. The number of nitrogens with zero attached hydrogens (tertiary/aromatic N) is 1. The number of likely N-dealkylation sites (N-methyl/N-ethyl adjacent to an activating group) is 1. The second-order valence-corrected chi connectivity index (χ2v) is 10.5. The minimum absolute atomic E-state index is 0.0174. The van der Waals surface area contributed by atoms with Crippen molar-refractivity contribution in [1.82, 2.24) is 23.5 Å². The smallest absolute Gasteiger partial charge is 0.298 e. The Morgan fingerprint density at radius 1 is 1.13 bits per heavy atom. The molecule has 1 aromatic carbocycles. The van der Waals surface area contributed by atoms with Gasteiger partial charge >= 0.3 is 0 Å². The van der Waals surface area contributed by atoms with Gasteiger partial charge in [-0.15, -0.1) is 0 Å². The molecule has 2 atom stereocenters. The van der Waals surface area contributed by atoms with Crippen LogP contribution in [0.25, 0.3) is 10.9 Å². The molecule has 0 aliphatic carbocycles. The molecule has 2 rings (SSSR count). The lowest BCUT2D eigenvalue weighted by Crippen LogP contribution is -2.55. The maximum atomic E-state index is 12.9. The van der Waals surface area contributed by atoms with Crippen LogP contribution < -0.4 is 15.4 Å². The van der Waals surface area contributed by atoms with Crippen LogP contribution in [0.4, 0.5) is 0 Å². The van der Waals surface area contributed by atoms with Crippen molar-refractivity contribution in [3.05, 3.63) is 36.0 Å². The molecule has 2 unspecified atom stereocenters. The molecule has 166 valence electrons. The molecule has 1 heterocycles. The van der Waals surface area contributed by atoms with Gasteiger partial charge in [0.15, 0.2) is 0 Å². The predicted octanol–water partition coefficient (Wildman–Crippen LogP) is 1.18. The second-order valence-electron chi connectivity index (χ2n) is 7.27. The molecular weight excluding hydrogens is 446 g/mol. The van der Waals surface area contributed by atoms with Crippen LogP contribution in [0.1, 0.15) is 25.8 Å². The average Bonchev–Trinajstić information content (AvgIpc) is 3.08. The number of carbonyl (C=O) groups excluding carboxylic acids is 2. The molecule has 9 nitrogen and oxygen atoms in total. The number of carbonyl (C=O) groups is 2. The van der Waals surface area contributed by atoms with Gasteiger partial charge < -0.3 is 15.6 Å². The van der Waals surface area contributed by atoms with Gasteiger partial charge in [0, 0.05) is 30.6 Å². The Morgan fingerprint density at radius 2 is 1.80 bits per heavy atom. The third-order valence-corrected chi connectivity index (χ3v) is 6.81. The van der Waals surface area contributed by atoms with E-state index in [-0.39, 0.29) is 24.7 Å². The average molecular weight is 474 g/mol. The van der Waals surface area contributed by atoms with Crippen LogP contribution in [-0.2, 0) is 26.2 Å². The first-order valence-electron chi connectivity index (χ1n) is 9.32. The van der Waals surface area contributed by atoms with Gasteiger partial charge in [-0.25, -0.2) is 0 Å². The highest BCUT2D eigenvalue weighted by atomic mass is 32.3. The Morgan fingerprint density at radius 3 is 2.40 bits per heavy atom. The van der Waals surface area contributed by atoms with Crippen molar-refractivity contribution in [3.8, 4) is 0 Å². The SMILES string of the molecule is CNC(=O)C(Cc1c[nH]c2ccccc12)NC(=O)C(CC(C)C)NS(=O)(=O)N(S)S. The van der Waals surface area contributed by atoms with E-state index < -0.39 is 28.2 Å². The lowest BCUT2D eigenvalue weighted by atomic mass is 10.0. The zero-order valence-electron chi connectivity index (χ0n) is 16.9. The number of aromatic nitrogens is 1. The Bertz CT molecular complexity index is 991. The molecule has 0 spiro atoms. The zero-order chi connectivity index (χ0) is 22.5. The summed E-state index contributed by atoms with van der Waals surface area (Å²) >= 11 is 7.34. The predicted molar refractivity (Wildman–Crippen MR) is 123 cm³/mol. The standard InChI is InChI=1S/C18H27N5O4S3/c1-11(2)8-16(22-30(26,27)23(28)29)18(25)21-15(17(24)19-3)9-12-10-20-14-7-5-4-6-13(12)14/h4-7,10-11,15-16,20,22,28-29H,8-9H2,1-3H3,(H,19,24)(H,21,25). The number of hydrogen-bond donors (Lipinski definition) is 6. The van der Waals surface area contributed by atoms with E-state index in [0.29, 0.717) is 3.12 Å². The summed E-state index contributed by atoms with van der Waals surface area (Å²) < 4.78 is 26.9. The van der Waals surface area contributed by atoms with Gasteiger partial charge in [-0.1, -0.05) is 60.8 Å². The highest BCUT2D eigenvalue weighted by Gasteiger charge is 2.30. The highest BCUT2D eigenvalue weighted by Crippen LogP contribution is 2.19. The Labute approximate surface area is 187 Å². The lowest BCUT2D eigenvalue weighted by Gasteiger charge is -2.24. The molecule has 1 aromatic heterocycles. The molecule has 2 aromatic rings. The van der Waals surface area contributed by atoms with Crippen LogP contribution in [0.5, 0.6) is 0 Å². The second kappa shape index (κ2) is 10.5. The van der Waals surface area contributed by atoms with E-state index in [1.165, 1.54) is 7.05 Å². The summed E-state index contributed by atoms with van der Waals surface area (Å²) in [6.45, 7) is 3.71. The van der Waals surface area contributed by atoms with E-state index in [1.54, 1.807) is 6.20 Å². The van der Waals surface area contributed by atoms with E-state index >= 15 is 0 Å². The van der Waals surface area contributed by atoms with Gasteiger partial charge in [0.2, 0.25) is 11.8 Å². The number of para-hydroxylation sites is 1. The minimum Gasteiger partial charge on any atom is -0.361 e. The lowest BCUT2D eigenvalue weighted by molar-refractivity contribution is -0.129. The van der Waals surface area contributed by atoms with Crippen LogP contribution in [0, 0.1) is 5.92 Å². The number of benzene rings is 1. The quantitative estimate of drug-likeness (QED) is 0.290. The summed E-state index contributed by atoms with van der Waals surface area (Å²) in [4.78, 5) is 28.5. The van der Waals surface area contributed by atoms with Crippen molar-refractivity contribution in [2.75, 3.05) is 7.05 Å². The normalized spacial score (nSPS) is 14.1. The molecule has 0 radical (unpaired) electrons. The van der Waals surface area contributed by atoms with Crippen molar-refractivity contribution in [2.24, 2.45) is 5.92 Å². The number of nitrogens with one attached hydrogen (secondary N) is 4. The van der Waals surface area contributed by atoms with Crippen LogP contribution in [-0.4, -0.2) is 47.5 Å². The largest absolute Gasteiger partial charge is 0.361 e. The Balaban J connectivity index is 2.24.